The molecule has 2 heterocycles. The van der Waals surface area contributed by atoms with Gasteiger partial charge in [0, 0.05) is 26.1 Å². The lowest BCUT2D eigenvalue weighted by Gasteiger charge is -2.26. The van der Waals surface area contributed by atoms with Crippen molar-refractivity contribution >= 4 is 35.1 Å². The molecule has 94 valence electrons. The Bertz CT molecular complexity index is 378. The van der Waals surface area contributed by atoms with Crippen LogP contribution in [0.5, 0.6) is 0 Å². The summed E-state index contributed by atoms with van der Waals surface area (Å²) in [6, 6.07) is 0. The number of hydrogen-bond acceptors (Lipinski definition) is 5. The van der Waals surface area contributed by atoms with Crippen LogP contribution in [-0.4, -0.2) is 39.2 Å². The molecule has 1 aliphatic rings. The summed E-state index contributed by atoms with van der Waals surface area (Å²) < 4.78 is 7.83. The number of piperidine rings is 1. The van der Waals surface area contributed by atoms with Crippen LogP contribution in [0.3, 0.4) is 0 Å². The van der Waals surface area contributed by atoms with Crippen molar-refractivity contribution in [2.45, 2.75) is 25.7 Å². The third-order valence-corrected chi connectivity index (χ3v) is 3.68. The second-order valence-electron chi connectivity index (χ2n) is 4.02. The van der Waals surface area contributed by atoms with E-state index in [2.05, 4.69) is 14.1 Å². The number of nitrogens with one attached hydrogen (secondary N) is 1. The van der Waals surface area contributed by atoms with Crippen LogP contribution in [-0.2, 0) is 4.79 Å². The standard InChI is InChI=1S/C10H15ClN4OS/c11-9-10(14-17-13-9)12-5-4-8(16)15-6-2-1-3-7-15/h1-7H2,(H,12,14). The molecule has 1 saturated heterocycles. The molecule has 1 aliphatic heterocycles. The van der Waals surface area contributed by atoms with Gasteiger partial charge >= 0.3 is 0 Å². The van der Waals surface area contributed by atoms with E-state index >= 15 is 0 Å². The van der Waals surface area contributed by atoms with Gasteiger partial charge in [0.1, 0.15) is 0 Å². The van der Waals surface area contributed by atoms with E-state index in [9.17, 15) is 4.79 Å². The van der Waals surface area contributed by atoms with Crippen molar-refractivity contribution in [2.24, 2.45) is 0 Å². The summed E-state index contributed by atoms with van der Waals surface area (Å²) in [5, 5.41) is 3.40. The molecule has 0 radical (unpaired) electrons. The number of hydrogen-bond donors (Lipinski definition) is 1. The number of carbonyl (C=O) groups is 1. The first-order valence-corrected chi connectivity index (χ1v) is 6.88. The monoisotopic (exact) mass is 274 g/mol. The Balaban J connectivity index is 1.71. The molecule has 0 atom stereocenters. The van der Waals surface area contributed by atoms with Gasteiger partial charge in [-0.25, -0.2) is 0 Å². The largest absolute Gasteiger partial charge is 0.366 e. The molecule has 2 rings (SSSR count). The minimum atomic E-state index is 0.205. The van der Waals surface area contributed by atoms with E-state index in [1.54, 1.807) is 0 Å². The number of rotatable bonds is 4. The van der Waals surface area contributed by atoms with E-state index in [1.165, 1.54) is 6.42 Å². The smallest absolute Gasteiger partial charge is 0.224 e. The third-order valence-electron chi connectivity index (χ3n) is 2.79. The Hall–Kier alpha value is -0.880. The zero-order valence-electron chi connectivity index (χ0n) is 9.49. The quantitative estimate of drug-likeness (QED) is 0.912. The highest BCUT2D eigenvalue weighted by atomic mass is 35.5. The predicted molar refractivity (Wildman–Crippen MR) is 68.5 cm³/mol. The number of anilines is 1. The van der Waals surface area contributed by atoms with Gasteiger partial charge in [-0.15, -0.1) is 0 Å². The van der Waals surface area contributed by atoms with E-state index < -0.39 is 0 Å². The van der Waals surface area contributed by atoms with Gasteiger partial charge in [-0.1, -0.05) is 11.6 Å². The fourth-order valence-electron chi connectivity index (χ4n) is 1.87. The van der Waals surface area contributed by atoms with Gasteiger partial charge < -0.3 is 10.2 Å². The van der Waals surface area contributed by atoms with Crippen molar-refractivity contribution in [2.75, 3.05) is 25.0 Å². The van der Waals surface area contributed by atoms with Crippen molar-refractivity contribution in [1.82, 2.24) is 13.6 Å². The molecule has 0 aromatic carbocycles. The number of carbonyl (C=O) groups excluding carboxylic acids is 1. The van der Waals surface area contributed by atoms with Crippen LogP contribution in [0.25, 0.3) is 0 Å². The SMILES string of the molecule is O=C(CCNc1nsnc1Cl)N1CCCCC1. The lowest BCUT2D eigenvalue weighted by molar-refractivity contribution is -0.131. The topological polar surface area (TPSA) is 58.1 Å². The zero-order valence-corrected chi connectivity index (χ0v) is 11.1. The van der Waals surface area contributed by atoms with Gasteiger partial charge in [0.2, 0.25) is 5.91 Å². The number of amides is 1. The van der Waals surface area contributed by atoms with Crippen molar-refractivity contribution in [1.29, 1.82) is 0 Å². The van der Waals surface area contributed by atoms with Crippen LogP contribution in [0.15, 0.2) is 0 Å². The van der Waals surface area contributed by atoms with Crippen molar-refractivity contribution < 1.29 is 4.79 Å². The maximum atomic E-state index is 11.8. The van der Waals surface area contributed by atoms with Crippen LogP contribution < -0.4 is 5.32 Å². The van der Waals surface area contributed by atoms with E-state index in [0.29, 0.717) is 23.9 Å². The van der Waals surface area contributed by atoms with Crippen LogP contribution in [0.2, 0.25) is 5.15 Å². The molecule has 0 unspecified atom stereocenters. The first-order valence-electron chi connectivity index (χ1n) is 5.77. The molecule has 1 N–H and O–H groups in total. The maximum Gasteiger partial charge on any atom is 0.224 e. The molecule has 0 bridgehead atoms. The molecule has 0 spiro atoms. The van der Waals surface area contributed by atoms with Crippen LogP contribution in [0.4, 0.5) is 5.82 Å². The molecular formula is C10H15ClN4OS. The lowest BCUT2D eigenvalue weighted by atomic mass is 10.1. The highest BCUT2D eigenvalue weighted by Crippen LogP contribution is 2.17. The minimum absolute atomic E-state index is 0.205. The van der Waals surface area contributed by atoms with E-state index in [4.69, 9.17) is 11.6 Å². The first kappa shape index (κ1) is 12.6. The molecule has 1 fully saturated rings. The number of nitrogens with zero attached hydrogens (tertiary/aromatic N) is 3. The first-order chi connectivity index (χ1) is 8.27. The summed E-state index contributed by atoms with van der Waals surface area (Å²) in [6.07, 6.45) is 3.97. The lowest BCUT2D eigenvalue weighted by Crippen LogP contribution is -2.36. The zero-order chi connectivity index (χ0) is 12.1. The van der Waals surface area contributed by atoms with Crippen molar-refractivity contribution in [3.63, 3.8) is 0 Å². The Morgan fingerprint density at radius 2 is 2.12 bits per heavy atom. The Labute approximate surface area is 109 Å². The molecule has 1 aromatic rings. The van der Waals surface area contributed by atoms with E-state index in [1.807, 2.05) is 4.90 Å². The highest BCUT2D eigenvalue weighted by Gasteiger charge is 2.16. The van der Waals surface area contributed by atoms with Crippen LogP contribution >= 0.6 is 23.3 Å². The Kier molecular flexibility index (Phi) is 4.56. The average molecular weight is 275 g/mol. The fraction of sp³-hybridized carbons (Fsp3) is 0.700. The maximum absolute atomic E-state index is 11.8. The van der Waals surface area contributed by atoms with Crippen LogP contribution in [0, 0.1) is 0 Å². The van der Waals surface area contributed by atoms with Gasteiger partial charge in [-0.05, 0) is 19.3 Å². The second-order valence-corrected chi connectivity index (χ2v) is 4.91. The third kappa shape index (κ3) is 3.54. The normalized spacial score (nSPS) is 15.9. The van der Waals surface area contributed by atoms with Gasteiger partial charge in [0.15, 0.2) is 11.0 Å². The predicted octanol–water partition coefficient (Wildman–Crippen LogP) is 2.01. The number of likely N-dealkylation sites (tertiary alicyclic amines) is 1. The number of halogens is 1. The van der Waals surface area contributed by atoms with Crippen molar-refractivity contribution in [3.8, 4) is 0 Å². The minimum Gasteiger partial charge on any atom is -0.366 e. The molecule has 1 amide bonds. The summed E-state index contributed by atoms with van der Waals surface area (Å²) in [5.74, 6) is 0.777. The summed E-state index contributed by atoms with van der Waals surface area (Å²) in [7, 11) is 0. The second kappa shape index (κ2) is 6.16. The van der Waals surface area contributed by atoms with Crippen molar-refractivity contribution in [3.05, 3.63) is 5.15 Å². The average Bonchev–Trinajstić information content (AvgIpc) is 2.76. The molecule has 0 saturated carbocycles. The van der Waals surface area contributed by atoms with Gasteiger partial charge in [0.25, 0.3) is 0 Å². The molecular weight excluding hydrogens is 260 g/mol. The molecule has 0 aliphatic carbocycles. The number of aromatic nitrogens is 2. The summed E-state index contributed by atoms with van der Waals surface area (Å²) in [6.45, 7) is 2.36. The fourth-order valence-corrected chi connectivity index (χ4v) is 2.56. The molecule has 5 nitrogen and oxygen atoms in total. The van der Waals surface area contributed by atoms with Gasteiger partial charge in [-0.2, -0.15) is 8.75 Å². The Morgan fingerprint density at radius 3 is 2.76 bits per heavy atom. The van der Waals surface area contributed by atoms with Gasteiger partial charge in [0.05, 0.1) is 11.7 Å². The summed E-state index contributed by atoms with van der Waals surface area (Å²) >= 11 is 6.85. The summed E-state index contributed by atoms with van der Waals surface area (Å²) in [4.78, 5) is 13.8. The molecule has 1 aromatic heterocycles. The highest BCUT2D eigenvalue weighted by molar-refractivity contribution is 6.99. The molecule has 7 heteroatoms. The Morgan fingerprint density at radius 1 is 1.35 bits per heavy atom. The van der Waals surface area contributed by atoms with Crippen LogP contribution in [0.1, 0.15) is 25.7 Å². The molecule has 17 heavy (non-hydrogen) atoms. The van der Waals surface area contributed by atoms with E-state index in [0.717, 1.165) is 37.7 Å². The summed E-state index contributed by atoms with van der Waals surface area (Å²) in [5.41, 5.74) is 0. The van der Waals surface area contributed by atoms with E-state index in [-0.39, 0.29) is 5.91 Å². The van der Waals surface area contributed by atoms with Gasteiger partial charge in [-0.3, -0.25) is 4.79 Å².